The van der Waals surface area contributed by atoms with Crippen LogP contribution in [0, 0.1) is 0 Å². The summed E-state index contributed by atoms with van der Waals surface area (Å²) in [6, 6.07) is 5.26. The summed E-state index contributed by atoms with van der Waals surface area (Å²) < 4.78 is 1.64. The first-order valence-corrected chi connectivity index (χ1v) is 5.06. The highest BCUT2D eigenvalue weighted by Crippen LogP contribution is 2.09. The first kappa shape index (κ1) is 10.6. The van der Waals surface area contributed by atoms with Gasteiger partial charge in [-0.05, 0) is 19.1 Å². The Hall–Kier alpha value is -1.88. The van der Waals surface area contributed by atoms with Crippen LogP contribution < -0.4 is 5.32 Å². The van der Waals surface area contributed by atoms with E-state index < -0.39 is 0 Å². The molecule has 0 saturated carbocycles. The van der Waals surface area contributed by atoms with Crippen molar-refractivity contribution in [1.82, 2.24) is 14.9 Å². The smallest absolute Gasteiger partial charge is 0.255 e. The summed E-state index contributed by atoms with van der Waals surface area (Å²) in [6.45, 7) is 1.66. The molecule has 5 heteroatoms. The molecule has 16 heavy (non-hydrogen) atoms. The molecule has 2 aromatic rings. The van der Waals surface area contributed by atoms with Crippen molar-refractivity contribution < 1.29 is 9.90 Å². The molecular formula is C11H13N3O2. The van der Waals surface area contributed by atoms with Crippen molar-refractivity contribution in [1.29, 1.82) is 0 Å². The minimum atomic E-state index is -0.258. The van der Waals surface area contributed by atoms with Crippen LogP contribution in [0.2, 0.25) is 0 Å². The van der Waals surface area contributed by atoms with Crippen LogP contribution in [0.25, 0.3) is 5.52 Å². The van der Waals surface area contributed by atoms with Crippen LogP contribution in [0.1, 0.15) is 17.3 Å². The first-order chi connectivity index (χ1) is 7.72. The topological polar surface area (TPSA) is 66.6 Å². The molecule has 0 fully saturated rings. The second-order valence-electron chi connectivity index (χ2n) is 3.65. The lowest BCUT2D eigenvalue weighted by Gasteiger charge is -2.09. The molecule has 5 nitrogen and oxygen atoms in total. The highest BCUT2D eigenvalue weighted by Gasteiger charge is 2.13. The van der Waals surface area contributed by atoms with Gasteiger partial charge in [-0.2, -0.15) is 5.10 Å². The Bertz CT molecular complexity index is 507. The van der Waals surface area contributed by atoms with Crippen molar-refractivity contribution in [3.63, 3.8) is 0 Å². The summed E-state index contributed by atoms with van der Waals surface area (Å²) in [5.74, 6) is -0.220. The number of aliphatic hydroxyl groups excluding tert-OH is 1. The Morgan fingerprint density at radius 3 is 3.19 bits per heavy atom. The van der Waals surface area contributed by atoms with Gasteiger partial charge in [0, 0.05) is 12.2 Å². The van der Waals surface area contributed by atoms with Gasteiger partial charge in [-0.15, -0.1) is 0 Å². The van der Waals surface area contributed by atoms with Crippen molar-refractivity contribution >= 4 is 11.4 Å². The van der Waals surface area contributed by atoms with E-state index in [1.807, 2.05) is 18.2 Å². The van der Waals surface area contributed by atoms with E-state index in [0.717, 1.165) is 5.52 Å². The molecule has 2 rings (SSSR count). The van der Waals surface area contributed by atoms with Crippen molar-refractivity contribution in [3.05, 3.63) is 36.2 Å². The maximum absolute atomic E-state index is 11.8. The zero-order chi connectivity index (χ0) is 11.5. The molecule has 0 radical (unpaired) electrons. The number of rotatable bonds is 3. The lowest BCUT2D eigenvalue weighted by Crippen LogP contribution is -2.34. The number of fused-ring (bicyclic) bond motifs is 1. The van der Waals surface area contributed by atoms with Gasteiger partial charge in [-0.3, -0.25) is 4.79 Å². The number of hydrogen-bond donors (Lipinski definition) is 2. The molecule has 0 aliphatic rings. The molecule has 2 heterocycles. The van der Waals surface area contributed by atoms with Crippen LogP contribution in [0.4, 0.5) is 0 Å². The van der Waals surface area contributed by atoms with E-state index in [4.69, 9.17) is 5.11 Å². The maximum Gasteiger partial charge on any atom is 0.255 e. The Labute approximate surface area is 92.7 Å². The molecule has 84 valence electrons. The summed E-state index contributed by atoms with van der Waals surface area (Å²) in [4.78, 5) is 11.8. The summed E-state index contributed by atoms with van der Waals surface area (Å²) in [5.41, 5.74) is 1.27. The minimum Gasteiger partial charge on any atom is -0.394 e. The molecule has 1 amide bonds. The average Bonchev–Trinajstić information content (AvgIpc) is 2.72. The highest BCUT2D eigenvalue weighted by molar-refractivity contribution is 6.00. The Kier molecular flexibility index (Phi) is 2.87. The lowest BCUT2D eigenvalue weighted by atomic mass is 10.2. The fraction of sp³-hybridized carbons (Fsp3) is 0.273. The SMILES string of the molecule is CC(CO)NC(=O)c1cnn2ccccc12. The van der Waals surface area contributed by atoms with Crippen molar-refractivity contribution in [2.24, 2.45) is 0 Å². The Balaban J connectivity index is 2.30. The van der Waals surface area contributed by atoms with Gasteiger partial charge in [0.2, 0.25) is 0 Å². The van der Waals surface area contributed by atoms with Gasteiger partial charge < -0.3 is 10.4 Å². The van der Waals surface area contributed by atoms with Gasteiger partial charge in [0.1, 0.15) is 0 Å². The molecular weight excluding hydrogens is 206 g/mol. The van der Waals surface area contributed by atoms with E-state index in [2.05, 4.69) is 10.4 Å². The zero-order valence-electron chi connectivity index (χ0n) is 8.92. The van der Waals surface area contributed by atoms with Crippen LogP contribution in [-0.4, -0.2) is 33.3 Å². The van der Waals surface area contributed by atoms with Crippen molar-refractivity contribution in [3.8, 4) is 0 Å². The fourth-order valence-corrected chi connectivity index (χ4v) is 1.46. The van der Waals surface area contributed by atoms with Gasteiger partial charge in [0.15, 0.2) is 0 Å². The third-order valence-corrected chi connectivity index (χ3v) is 2.32. The second kappa shape index (κ2) is 4.32. The van der Waals surface area contributed by atoms with E-state index in [1.165, 1.54) is 6.20 Å². The number of carbonyl (C=O) groups excluding carboxylic acids is 1. The predicted octanol–water partition coefficient (Wildman–Crippen LogP) is 0.445. The zero-order valence-corrected chi connectivity index (χ0v) is 8.92. The quantitative estimate of drug-likeness (QED) is 0.787. The number of pyridine rings is 1. The van der Waals surface area contributed by atoms with Crippen LogP contribution in [0.5, 0.6) is 0 Å². The summed E-state index contributed by atoms with van der Waals surface area (Å²) in [6.07, 6.45) is 3.30. The van der Waals surface area contributed by atoms with E-state index in [9.17, 15) is 4.79 Å². The Morgan fingerprint density at radius 2 is 2.44 bits per heavy atom. The Morgan fingerprint density at radius 1 is 1.62 bits per heavy atom. The van der Waals surface area contributed by atoms with Crippen LogP contribution >= 0.6 is 0 Å². The summed E-state index contributed by atoms with van der Waals surface area (Å²) in [7, 11) is 0. The van der Waals surface area contributed by atoms with E-state index in [-0.39, 0.29) is 18.6 Å². The molecule has 0 saturated heterocycles. The highest BCUT2D eigenvalue weighted by atomic mass is 16.3. The number of hydrogen-bond acceptors (Lipinski definition) is 3. The van der Waals surface area contributed by atoms with Gasteiger partial charge in [0.05, 0.1) is 23.9 Å². The fourth-order valence-electron chi connectivity index (χ4n) is 1.46. The first-order valence-electron chi connectivity index (χ1n) is 5.06. The van der Waals surface area contributed by atoms with Crippen molar-refractivity contribution in [2.75, 3.05) is 6.61 Å². The summed E-state index contributed by atoms with van der Waals surface area (Å²) >= 11 is 0. The van der Waals surface area contributed by atoms with Gasteiger partial charge in [-0.25, -0.2) is 4.52 Å². The molecule has 1 atom stereocenters. The molecule has 1 unspecified atom stereocenters. The molecule has 2 aromatic heterocycles. The largest absolute Gasteiger partial charge is 0.394 e. The average molecular weight is 219 g/mol. The third-order valence-electron chi connectivity index (χ3n) is 2.32. The van der Waals surface area contributed by atoms with Crippen LogP contribution in [-0.2, 0) is 0 Å². The number of nitrogens with zero attached hydrogens (tertiary/aromatic N) is 2. The van der Waals surface area contributed by atoms with Gasteiger partial charge in [-0.1, -0.05) is 6.07 Å². The number of nitrogens with one attached hydrogen (secondary N) is 1. The number of aromatic nitrogens is 2. The van der Waals surface area contributed by atoms with E-state index in [1.54, 1.807) is 17.6 Å². The number of amides is 1. The normalized spacial score (nSPS) is 12.6. The van der Waals surface area contributed by atoms with Gasteiger partial charge >= 0.3 is 0 Å². The predicted molar refractivity (Wildman–Crippen MR) is 59.2 cm³/mol. The maximum atomic E-state index is 11.8. The third kappa shape index (κ3) is 1.90. The second-order valence-corrected chi connectivity index (χ2v) is 3.65. The van der Waals surface area contributed by atoms with Gasteiger partial charge in [0.25, 0.3) is 5.91 Å². The van der Waals surface area contributed by atoms with E-state index >= 15 is 0 Å². The van der Waals surface area contributed by atoms with Crippen LogP contribution in [0.15, 0.2) is 30.6 Å². The number of aliphatic hydroxyl groups is 1. The molecule has 0 aromatic carbocycles. The lowest BCUT2D eigenvalue weighted by molar-refractivity contribution is 0.0924. The minimum absolute atomic E-state index is 0.0784. The standard InChI is InChI=1S/C11H13N3O2/c1-8(7-15)13-11(16)9-6-12-14-5-3-2-4-10(9)14/h2-6,8,15H,7H2,1H3,(H,13,16). The molecule has 0 aliphatic heterocycles. The monoisotopic (exact) mass is 219 g/mol. The molecule has 2 N–H and O–H groups in total. The van der Waals surface area contributed by atoms with Crippen LogP contribution in [0.3, 0.4) is 0 Å². The van der Waals surface area contributed by atoms with Crippen molar-refractivity contribution in [2.45, 2.75) is 13.0 Å². The molecule has 0 bridgehead atoms. The molecule has 0 aliphatic carbocycles. The van der Waals surface area contributed by atoms with E-state index in [0.29, 0.717) is 5.56 Å². The summed E-state index contributed by atoms with van der Waals surface area (Å²) in [5, 5.41) is 15.6. The molecule has 0 spiro atoms. The number of carbonyl (C=O) groups is 1.